The van der Waals surface area contributed by atoms with Crippen LogP contribution in [0.25, 0.3) is 11.1 Å². The highest BCUT2D eigenvalue weighted by molar-refractivity contribution is 6.42. The van der Waals surface area contributed by atoms with Crippen molar-refractivity contribution in [3.63, 3.8) is 0 Å². The van der Waals surface area contributed by atoms with Gasteiger partial charge in [0.25, 0.3) is 0 Å². The van der Waals surface area contributed by atoms with E-state index in [1.807, 2.05) is 18.3 Å². The van der Waals surface area contributed by atoms with Gasteiger partial charge in [-0.2, -0.15) is 0 Å². The molecule has 0 bridgehead atoms. The number of halogens is 3. The minimum Gasteiger partial charge on any atom is -0.344 e. The summed E-state index contributed by atoms with van der Waals surface area (Å²) in [4.78, 5) is 2.05. The number of rotatable bonds is 2. The molecule has 0 amide bonds. The van der Waals surface area contributed by atoms with E-state index in [0.29, 0.717) is 10.0 Å². The van der Waals surface area contributed by atoms with Gasteiger partial charge in [0.05, 0.1) is 10.0 Å². The molecule has 1 aliphatic rings. The molecule has 2 aromatic rings. The lowest BCUT2D eigenvalue weighted by atomic mass is 10.0. The molecule has 0 aromatic heterocycles. The first kappa shape index (κ1) is 12.5. The molecule has 4 heteroatoms. The summed E-state index contributed by atoms with van der Waals surface area (Å²) in [6.45, 7) is 0.833. The van der Waals surface area contributed by atoms with Crippen molar-refractivity contribution in [1.82, 2.24) is 0 Å². The predicted octanol–water partition coefficient (Wildman–Crippen LogP) is 5.13. The molecular weight excluding hydrogens is 284 g/mol. The van der Waals surface area contributed by atoms with Crippen molar-refractivity contribution < 1.29 is 4.39 Å². The SMILES string of the molecule is Fc1ccc(N2C=CC2)c(-c2ccc(Cl)c(Cl)c2)c1. The highest BCUT2D eigenvalue weighted by atomic mass is 35.5. The molecule has 0 saturated carbocycles. The van der Waals surface area contributed by atoms with Crippen molar-refractivity contribution in [3.05, 3.63) is 64.5 Å². The van der Waals surface area contributed by atoms with Crippen molar-refractivity contribution in [2.45, 2.75) is 0 Å². The van der Waals surface area contributed by atoms with Crippen molar-refractivity contribution in [3.8, 4) is 11.1 Å². The van der Waals surface area contributed by atoms with Crippen molar-refractivity contribution in [1.29, 1.82) is 0 Å². The van der Waals surface area contributed by atoms with E-state index in [1.54, 1.807) is 18.2 Å². The molecule has 1 heterocycles. The molecule has 0 radical (unpaired) electrons. The Labute approximate surface area is 120 Å². The summed E-state index contributed by atoms with van der Waals surface area (Å²) in [6, 6.07) is 10.1. The lowest BCUT2D eigenvalue weighted by Crippen LogP contribution is -2.24. The van der Waals surface area contributed by atoms with Gasteiger partial charge in [0.2, 0.25) is 0 Å². The first-order valence-corrected chi connectivity index (χ1v) is 6.59. The zero-order valence-corrected chi connectivity index (χ0v) is 11.4. The van der Waals surface area contributed by atoms with Gasteiger partial charge in [-0.05, 0) is 42.0 Å². The minimum absolute atomic E-state index is 0.269. The predicted molar refractivity (Wildman–Crippen MR) is 78.3 cm³/mol. The summed E-state index contributed by atoms with van der Waals surface area (Å²) in [7, 11) is 0. The third-order valence-electron chi connectivity index (χ3n) is 3.09. The summed E-state index contributed by atoms with van der Waals surface area (Å²) in [5.74, 6) is -0.269. The van der Waals surface area contributed by atoms with E-state index in [4.69, 9.17) is 23.2 Å². The molecular formula is C15H10Cl2FN. The maximum atomic E-state index is 13.5. The fraction of sp³-hybridized carbons (Fsp3) is 0.0667. The first-order valence-electron chi connectivity index (χ1n) is 5.83. The third kappa shape index (κ3) is 2.34. The summed E-state index contributed by atoms with van der Waals surface area (Å²) < 4.78 is 13.5. The maximum Gasteiger partial charge on any atom is 0.123 e. The number of benzene rings is 2. The molecule has 0 spiro atoms. The Morgan fingerprint density at radius 1 is 1.00 bits per heavy atom. The average Bonchev–Trinajstić information content (AvgIpc) is 2.33. The second kappa shape index (κ2) is 4.87. The van der Waals surface area contributed by atoms with Gasteiger partial charge in [-0.15, -0.1) is 0 Å². The molecule has 0 saturated heterocycles. The molecule has 1 aliphatic heterocycles. The highest BCUT2D eigenvalue weighted by Crippen LogP contribution is 2.36. The van der Waals surface area contributed by atoms with E-state index >= 15 is 0 Å². The molecule has 3 rings (SSSR count). The number of nitrogens with zero attached hydrogens (tertiary/aromatic N) is 1. The zero-order chi connectivity index (χ0) is 13.4. The molecule has 96 valence electrons. The Morgan fingerprint density at radius 3 is 2.42 bits per heavy atom. The average molecular weight is 294 g/mol. The summed E-state index contributed by atoms with van der Waals surface area (Å²) in [6.07, 6.45) is 4.01. The van der Waals surface area contributed by atoms with E-state index in [-0.39, 0.29) is 5.82 Å². The van der Waals surface area contributed by atoms with E-state index in [1.165, 1.54) is 12.1 Å². The molecule has 0 aliphatic carbocycles. The van der Waals surface area contributed by atoms with E-state index in [9.17, 15) is 4.39 Å². The van der Waals surface area contributed by atoms with E-state index in [0.717, 1.165) is 23.4 Å². The molecule has 0 atom stereocenters. The van der Waals surface area contributed by atoms with Crippen LogP contribution >= 0.6 is 23.2 Å². The van der Waals surface area contributed by atoms with Crippen LogP contribution in [0, 0.1) is 5.82 Å². The lowest BCUT2D eigenvalue weighted by molar-refractivity contribution is 0.628. The summed E-state index contributed by atoms with van der Waals surface area (Å²) >= 11 is 11.9. The van der Waals surface area contributed by atoms with Crippen molar-refractivity contribution in [2.24, 2.45) is 0 Å². The fourth-order valence-electron chi connectivity index (χ4n) is 2.04. The summed E-state index contributed by atoms with van der Waals surface area (Å²) in [5.41, 5.74) is 2.62. The van der Waals surface area contributed by atoms with Crippen LogP contribution in [0.4, 0.5) is 10.1 Å². The summed E-state index contributed by atoms with van der Waals surface area (Å²) in [5, 5.41) is 0.959. The quantitative estimate of drug-likeness (QED) is 0.742. The van der Waals surface area contributed by atoms with Crippen molar-refractivity contribution >= 4 is 28.9 Å². The van der Waals surface area contributed by atoms with E-state index in [2.05, 4.69) is 4.90 Å². The van der Waals surface area contributed by atoms with Crippen LogP contribution < -0.4 is 4.90 Å². The third-order valence-corrected chi connectivity index (χ3v) is 3.83. The van der Waals surface area contributed by atoms with Gasteiger partial charge in [-0.3, -0.25) is 0 Å². The molecule has 1 nitrogen and oxygen atoms in total. The van der Waals surface area contributed by atoms with E-state index < -0.39 is 0 Å². The van der Waals surface area contributed by atoms with Crippen LogP contribution in [-0.4, -0.2) is 6.54 Å². The minimum atomic E-state index is -0.269. The Bertz CT molecular complexity index is 667. The van der Waals surface area contributed by atoms with Crippen LogP contribution in [0.15, 0.2) is 48.7 Å². The van der Waals surface area contributed by atoms with Gasteiger partial charge in [-0.1, -0.05) is 29.3 Å². The number of anilines is 1. The lowest BCUT2D eigenvalue weighted by Gasteiger charge is -2.28. The first-order chi connectivity index (χ1) is 9.15. The van der Waals surface area contributed by atoms with Gasteiger partial charge >= 0.3 is 0 Å². The van der Waals surface area contributed by atoms with Crippen LogP contribution in [0.1, 0.15) is 0 Å². The topological polar surface area (TPSA) is 3.24 Å². The molecule has 0 N–H and O–H groups in total. The monoisotopic (exact) mass is 293 g/mol. The van der Waals surface area contributed by atoms with Crippen LogP contribution in [-0.2, 0) is 0 Å². The zero-order valence-electron chi connectivity index (χ0n) is 9.91. The van der Waals surface area contributed by atoms with Crippen LogP contribution in [0.2, 0.25) is 10.0 Å². The fourth-order valence-corrected chi connectivity index (χ4v) is 2.34. The van der Waals surface area contributed by atoms with Crippen LogP contribution in [0.3, 0.4) is 0 Å². The van der Waals surface area contributed by atoms with Gasteiger partial charge < -0.3 is 4.90 Å². The Morgan fingerprint density at radius 2 is 1.79 bits per heavy atom. The normalized spacial score (nSPS) is 13.5. The smallest absolute Gasteiger partial charge is 0.123 e. The Balaban J connectivity index is 2.14. The van der Waals surface area contributed by atoms with Gasteiger partial charge in [0.1, 0.15) is 5.82 Å². The molecule has 2 aromatic carbocycles. The Kier molecular flexibility index (Phi) is 3.21. The largest absolute Gasteiger partial charge is 0.344 e. The van der Waals surface area contributed by atoms with Gasteiger partial charge in [0.15, 0.2) is 0 Å². The molecule has 19 heavy (non-hydrogen) atoms. The number of hydrogen-bond acceptors (Lipinski definition) is 1. The second-order valence-corrected chi connectivity index (χ2v) is 5.14. The molecule has 0 fully saturated rings. The maximum absolute atomic E-state index is 13.5. The molecule has 0 unspecified atom stereocenters. The second-order valence-electron chi connectivity index (χ2n) is 4.33. The Hall–Kier alpha value is -1.51. The standard InChI is InChI=1S/C15H10Cl2FN/c16-13-4-2-10(8-14(13)17)12-9-11(18)3-5-15(12)19-6-1-7-19/h1-6,8-9H,7H2. The highest BCUT2D eigenvalue weighted by Gasteiger charge is 2.15. The van der Waals surface area contributed by atoms with Crippen LogP contribution in [0.5, 0.6) is 0 Å². The number of hydrogen-bond donors (Lipinski definition) is 0. The van der Waals surface area contributed by atoms with Gasteiger partial charge in [0, 0.05) is 24.0 Å². The van der Waals surface area contributed by atoms with Gasteiger partial charge in [-0.25, -0.2) is 4.39 Å². The van der Waals surface area contributed by atoms with Crippen molar-refractivity contribution in [2.75, 3.05) is 11.4 Å².